The van der Waals surface area contributed by atoms with Crippen molar-refractivity contribution in [1.29, 1.82) is 0 Å². The molecular weight excluding hydrogens is 314 g/mol. The van der Waals surface area contributed by atoms with Crippen molar-refractivity contribution >= 4 is 29.3 Å². The number of rotatable bonds is 4. The van der Waals surface area contributed by atoms with Crippen LogP contribution in [-0.4, -0.2) is 38.4 Å². The van der Waals surface area contributed by atoms with Gasteiger partial charge in [-0.05, 0) is 12.5 Å². The number of fused-ring (bicyclic) bond motifs is 1. The predicted molar refractivity (Wildman–Crippen MR) is 88.1 cm³/mol. The Morgan fingerprint density at radius 1 is 1.30 bits per heavy atom. The van der Waals surface area contributed by atoms with Crippen molar-refractivity contribution in [2.75, 3.05) is 18.6 Å². The Morgan fingerprint density at radius 2 is 2.04 bits per heavy atom. The number of hydrogen-bond acceptors (Lipinski definition) is 7. The lowest BCUT2D eigenvalue weighted by atomic mass is 10.1. The number of nitrogens with two attached hydrogens (primary N) is 1. The second kappa shape index (κ2) is 6.25. The maximum atomic E-state index is 11.2. The van der Waals surface area contributed by atoms with Gasteiger partial charge < -0.3 is 10.5 Å². The molecule has 0 aliphatic rings. The quantitative estimate of drug-likeness (QED) is 0.577. The van der Waals surface area contributed by atoms with E-state index in [-0.39, 0.29) is 11.7 Å². The largest absolute Gasteiger partial charge is 0.468 e. The van der Waals surface area contributed by atoms with Gasteiger partial charge in [0.25, 0.3) is 5.78 Å². The summed E-state index contributed by atoms with van der Waals surface area (Å²) in [5, 5.41) is 4.75. The summed E-state index contributed by atoms with van der Waals surface area (Å²) < 4.78 is 6.10. The average molecular weight is 329 g/mol. The highest BCUT2D eigenvalue weighted by Gasteiger charge is 2.16. The average Bonchev–Trinajstić information content (AvgIpc) is 2.96. The summed E-state index contributed by atoms with van der Waals surface area (Å²) in [5.41, 5.74) is 8.84. The number of esters is 1. The topological polar surface area (TPSA) is 95.4 Å². The first-order valence-electron chi connectivity index (χ1n) is 6.88. The van der Waals surface area contributed by atoms with E-state index >= 15 is 0 Å². The zero-order valence-electron chi connectivity index (χ0n) is 12.7. The first kappa shape index (κ1) is 15.3. The third-order valence-electron chi connectivity index (χ3n) is 3.29. The number of hydrogen-bond donors (Lipinski definition) is 1. The van der Waals surface area contributed by atoms with E-state index in [1.807, 2.05) is 37.3 Å². The van der Waals surface area contributed by atoms with Gasteiger partial charge in [0.2, 0.25) is 5.16 Å². The number of aryl methyl sites for hydroxylation is 1. The van der Waals surface area contributed by atoms with Crippen molar-refractivity contribution in [3.05, 3.63) is 36.0 Å². The summed E-state index contributed by atoms with van der Waals surface area (Å²) >= 11 is 1.18. The number of nitrogens with zero attached hydrogens (tertiary/aromatic N) is 4. The molecule has 0 aliphatic heterocycles. The molecule has 0 saturated heterocycles. The van der Waals surface area contributed by atoms with Gasteiger partial charge >= 0.3 is 5.97 Å². The molecule has 0 aliphatic carbocycles. The summed E-state index contributed by atoms with van der Waals surface area (Å²) in [5.74, 6) is 0.678. The summed E-state index contributed by atoms with van der Waals surface area (Å²) in [6, 6.07) is 9.76. The zero-order valence-corrected chi connectivity index (χ0v) is 13.5. The molecule has 1 aromatic carbocycles. The molecule has 3 rings (SSSR count). The normalized spacial score (nSPS) is 10.9. The molecule has 7 nitrogen and oxygen atoms in total. The van der Waals surface area contributed by atoms with Crippen LogP contribution in [0.4, 0.5) is 5.82 Å². The highest BCUT2D eigenvalue weighted by atomic mass is 32.2. The monoisotopic (exact) mass is 329 g/mol. The molecule has 3 aromatic rings. The highest BCUT2D eigenvalue weighted by molar-refractivity contribution is 7.99. The van der Waals surface area contributed by atoms with Crippen LogP contribution in [0.2, 0.25) is 0 Å². The first-order valence-corrected chi connectivity index (χ1v) is 7.86. The number of benzene rings is 1. The van der Waals surface area contributed by atoms with E-state index in [2.05, 4.69) is 19.8 Å². The van der Waals surface area contributed by atoms with Crippen LogP contribution in [0.5, 0.6) is 0 Å². The predicted octanol–water partition coefficient (Wildman–Crippen LogP) is 1.95. The number of ether oxygens (including phenoxy) is 1. The van der Waals surface area contributed by atoms with Crippen molar-refractivity contribution in [2.45, 2.75) is 12.1 Å². The van der Waals surface area contributed by atoms with Crippen LogP contribution in [-0.2, 0) is 9.53 Å². The van der Waals surface area contributed by atoms with Gasteiger partial charge in [0, 0.05) is 5.56 Å². The van der Waals surface area contributed by atoms with E-state index in [4.69, 9.17) is 5.73 Å². The molecule has 0 atom stereocenters. The van der Waals surface area contributed by atoms with Crippen LogP contribution in [0.1, 0.15) is 5.69 Å². The van der Waals surface area contributed by atoms with E-state index in [0.717, 1.165) is 16.8 Å². The molecule has 0 fully saturated rings. The molecule has 0 unspecified atom stereocenters. The minimum atomic E-state index is -0.337. The van der Waals surface area contributed by atoms with Crippen LogP contribution in [0, 0.1) is 6.92 Å². The summed E-state index contributed by atoms with van der Waals surface area (Å²) in [7, 11) is 1.34. The smallest absolute Gasteiger partial charge is 0.316 e. The Morgan fingerprint density at radius 3 is 2.74 bits per heavy atom. The van der Waals surface area contributed by atoms with E-state index in [1.54, 1.807) is 0 Å². The molecule has 2 heterocycles. The van der Waals surface area contributed by atoms with E-state index in [1.165, 1.54) is 23.4 Å². The highest BCUT2D eigenvalue weighted by Crippen LogP contribution is 2.29. The Labute approximate surface area is 136 Å². The second-order valence-electron chi connectivity index (χ2n) is 4.79. The van der Waals surface area contributed by atoms with Gasteiger partial charge in [0.05, 0.1) is 18.6 Å². The fourth-order valence-corrected chi connectivity index (χ4v) is 2.87. The van der Waals surface area contributed by atoms with Gasteiger partial charge in [-0.25, -0.2) is 4.98 Å². The fourth-order valence-electron chi connectivity index (χ4n) is 2.22. The van der Waals surface area contributed by atoms with Crippen molar-refractivity contribution in [1.82, 2.24) is 19.6 Å². The number of nitrogen functional groups attached to an aromatic ring is 1. The second-order valence-corrected chi connectivity index (χ2v) is 5.74. The maximum absolute atomic E-state index is 11.2. The maximum Gasteiger partial charge on any atom is 0.316 e. The molecule has 2 N–H and O–H groups in total. The van der Waals surface area contributed by atoms with E-state index < -0.39 is 0 Å². The van der Waals surface area contributed by atoms with Crippen LogP contribution in [0.15, 0.2) is 35.5 Å². The SMILES string of the molecule is COC(=O)CSc1nc2nc(C)c(-c3ccccc3)c(N)n2n1. The number of methoxy groups -OCH3 is 1. The number of carbonyl (C=O) groups is 1. The summed E-state index contributed by atoms with van der Waals surface area (Å²) in [6.45, 7) is 1.88. The van der Waals surface area contributed by atoms with Crippen molar-refractivity contribution in [2.24, 2.45) is 0 Å². The Kier molecular flexibility index (Phi) is 4.16. The molecule has 8 heteroatoms. The number of anilines is 1. The standard InChI is InChI=1S/C15H15N5O2S/c1-9-12(10-6-4-3-5-7-10)13(16)20-14(17-9)18-15(19-20)23-8-11(21)22-2/h3-7H,8,16H2,1-2H3. The molecule has 0 bridgehead atoms. The molecule has 0 radical (unpaired) electrons. The lowest BCUT2D eigenvalue weighted by Crippen LogP contribution is -2.05. The van der Waals surface area contributed by atoms with Crippen molar-refractivity contribution in [3.63, 3.8) is 0 Å². The molecule has 0 saturated carbocycles. The van der Waals surface area contributed by atoms with Gasteiger partial charge in [0.15, 0.2) is 0 Å². The summed E-state index contributed by atoms with van der Waals surface area (Å²) in [6.07, 6.45) is 0. The third-order valence-corrected chi connectivity index (χ3v) is 4.10. The van der Waals surface area contributed by atoms with Crippen LogP contribution >= 0.6 is 11.8 Å². The number of carbonyl (C=O) groups excluding carboxylic acids is 1. The molecule has 0 spiro atoms. The fraction of sp³-hybridized carbons (Fsp3) is 0.200. The van der Waals surface area contributed by atoms with Crippen LogP contribution in [0.3, 0.4) is 0 Å². The molecular formula is C15H15N5O2S. The Balaban J connectivity index is 2.03. The van der Waals surface area contributed by atoms with Gasteiger partial charge in [-0.15, -0.1) is 5.10 Å². The first-order chi connectivity index (χ1) is 11.1. The minimum absolute atomic E-state index is 0.137. The Bertz CT molecular complexity index is 863. The van der Waals surface area contributed by atoms with Gasteiger partial charge in [-0.2, -0.15) is 9.50 Å². The molecule has 118 valence electrons. The van der Waals surface area contributed by atoms with Gasteiger partial charge in [0.1, 0.15) is 5.82 Å². The third kappa shape index (κ3) is 2.98. The number of aromatic nitrogens is 4. The van der Waals surface area contributed by atoms with E-state index in [0.29, 0.717) is 16.8 Å². The minimum Gasteiger partial charge on any atom is -0.468 e. The lowest BCUT2D eigenvalue weighted by molar-refractivity contribution is -0.137. The van der Waals surface area contributed by atoms with Crippen molar-refractivity contribution in [3.8, 4) is 11.1 Å². The summed E-state index contributed by atoms with van der Waals surface area (Å²) in [4.78, 5) is 20.0. The van der Waals surface area contributed by atoms with Crippen LogP contribution in [0.25, 0.3) is 16.9 Å². The Hall–Kier alpha value is -2.61. The zero-order chi connectivity index (χ0) is 16.4. The molecule has 0 amide bonds. The lowest BCUT2D eigenvalue weighted by Gasteiger charge is -2.09. The van der Waals surface area contributed by atoms with Gasteiger partial charge in [-0.1, -0.05) is 42.1 Å². The molecule has 2 aromatic heterocycles. The van der Waals surface area contributed by atoms with E-state index in [9.17, 15) is 4.79 Å². The number of thioether (sulfide) groups is 1. The van der Waals surface area contributed by atoms with Crippen LogP contribution < -0.4 is 5.73 Å². The van der Waals surface area contributed by atoms with Gasteiger partial charge in [-0.3, -0.25) is 4.79 Å². The van der Waals surface area contributed by atoms with Crippen molar-refractivity contribution < 1.29 is 9.53 Å². The molecule has 23 heavy (non-hydrogen) atoms.